The Hall–Kier alpha value is -1.85. The van der Waals surface area contributed by atoms with Crippen LogP contribution in [-0.2, 0) is 4.74 Å². The minimum atomic E-state index is -1.23. The molecule has 5 atom stereocenters. The van der Waals surface area contributed by atoms with Gasteiger partial charge in [0.25, 0.3) is 0 Å². The number of hydrogen-bond acceptors (Lipinski definition) is 9. The summed E-state index contributed by atoms with van der Waals surface area (Å²) in [4.78, 5) is 12.0. The van der Waals surface area contributed by atoms with Crippen LogP contribution in [0, 0.1) is 0 Å². The van der Waals surface area contributed by atoms with Gasteiger partial charge in [0.2, 0.25) is 0 Å². The second-order valence-corrected chi connectivity index (χ2v) is 4.89. The van der Waals surface area contributed by atoms with E-state index >= 15 is 0 Å². The van der Waals surface area contributed by atoms with Gasteiger partial charge in [-0.15, -0.1) is 0 Å². The number of nitrogens with zero attached hydrogens (tertiary/aromatic N) is 4. The molecule has 3 heterocycles. The highest BCUT2D eigenvalue weighted by Crippen LogP contribution is 2.32. The molecule has 3 rings (SSSR count). The van der Waals surface area contributed by atoms with Crippen LogP contribution in [-0.4, -0.2) is 65.8 Å². The molecule has 0 saturated carbocycles. The lowest BCUT2D eigenvalue weighted by atomic mass is 10.0. The molecular formula is C11H16N6O4. The zero-order chi connectivity index (χ0) is 15.1. The first-order chi connectivity index (χ1) is 10.0. The summed E-state index contributed by atoms with van der Waals surface area (Å²) in [7, 11) is 0. The van der Waals surface area contributed by atoms with E-state index in [-0.39, 0.29) is 5.82 Å². The summed E-state index contributed by atoms with van der Waals surface area (Å²) in [5, 5.41) is 28.7. The number of nitrogen functional groups attached to an aromatic ring is 1. The molecule has 114 valence electrons. The number of hydrogen-bond donors (Lipinski definition) is 5. The molecule has 0 amide bonds. The summed E-state index contributed by atoms with van der Waals surface area (Å²) in [6.45, 7) is -0.541. The van der Waals surface area contributed by atoms with E-state index in [0.717, 1.165) is 0 Å². The van der Waals surface area contributed by atoms with E-state index in [1.807, 2.05) is 0 Å². The van der Waals surface area contributed by atoms with Crippen molar-refractivity contribution in [3.05, 3.63) is 12.7 Å². The van der Waals surface area contributed by atoms with Crippen LogP contribution in [0.2, 0.25) is 0 Å². The Balaban J connectivity index is 1.98. The molecule has 1 aliphatic rings. The van der Waals surface area contributed by atoms with E-state index in [1.54, 1.807) is 0 Å². The number of nitrogens with two attached hydrogens (primary N) is 2. The van der Waals surface area contributed by atoms with Gasteiger partial charge in [-0.2, -0.15) is 0 Å². The Bertz CT molecular complexity index is 649. The molecule has 7 N–H and O–H groups in total. The van der Waals surface area contributed by atoms with Crippen molar-refractivity contribution in [2.75, 3.05) is 12.3 Å². The van der Waals surface area contributed by atoms with Crippen LogP contribution < -0.4 is 11.5 Å². The lowest BCUT2D eigenvalue weighted by Crippen LogP contribution is -2.43. The molecule has 2 aromatic heterocycles. The number of aromatic nitrogens is 4. The Kier molecular flexibility index (Phi) is 3.47. The molecule has 10 nitrogen and oxygen atoms in total. The fraction of sp³-hybridized carbons (Fsp3) is 0.545. The molecule has 10 heteroatoms. The number of ether oxygens (including phenoxy) is 1. The van der Waals surface area contributed by atoms with Crippen molar-refractivity contribution in [1.82, 2.24) is 19.5 Å². The fourth-order valence-electron chi connectivity index (χ4n) is 2.45. The quantitative estimate of drug-likeness (QED) is 0.406. The van der Waals surface area contributed by atoms with Crippen molar-refractivity contribution in [3.63, 3.8) is 0 Å². The van der Waals surface area contributed by atoms with Crippen LogP contribution >= 0.6 is 0 Å². The van der Waals surface area contributed by atoms with E-state index in [4.69, 9.17) is 21.3 Å². The average molecular weight is 296 g/mol. The first-order valence-electron chi connectivity index (χ1n) is 6.35. The van der Waals surface area contributed by atoms with Gasteiger partial charge < -0.3 is 31.5 Å². The number of anilines is 1. The van der Waals surface area contributed by atoms with Crippen molar-refractivity contribution in [2.45, 2.75) is 30.6 Å². The number of aliphatic hydroxyl groups is 3. The third kappa shape index (κ3) is 2.13. The van der Waals surface area contributed by atoms with Gasteiger partial charge in [0.1, 0.15) is 30.2 Å². The average Bonchev–Trinajstić information content (AvgIpc) is 3.02. The zero-order valence-electron chi connectivity index (χ0n) is 10.9. The Morgan fingerprint density at radius 2 is 2.14 bits per heavy atom. The van der Waals surface area contributed by atoms with Crippen molar-refractivity contribution in [2.24, 2.45) is 5.73 Å². The van der Waals surface area contributed by atoms with Crippen molar-refractivity contribution >= 4 is 17.0 Å². The van der Waals surface area contributed by atoms with Crippen LogP contribution in [0.25, 0.3) is 11.2 Å². The minimum Gasteiger partial charge on any atom is -0.394 e. The Labute approximate surface area is 119 Å². The van der Waals surface area contributed by atoms with Gasteiger partial charge in [0.05, 0.1) is 19.0 Å². The van der Waals surface area contributed by atoms with E-state index < -0.39 is 37.2 Å². The molecule has 1 fully saturated rings. The molecule has 1 saturated heterocycles. The molecule has 0 spiro atoms. The van der Waals surface area contributed by atoms with Crippen LogP contribution in [0.1, 0.15) is 6.23 Å². The third-order valence-corrected chi connectivity index (χ3v) is 3.58. The number of aliphatic hydroxyl groups excluding tert-OH is 3. The maximum absolute atomic E-state index is 10.0. The predicted octanol–water partition coefficient (Wildman–Crippen LogP) is -2.65. The second-order valence-electron chi connectivity index (χ2n) is 4.89. The number of imidazole rings is 1. The molecule has 0 aliphatic carbocycles. The molecule has 21 heavy (non-hydrogen) atoms. The van der Waals surface area contributed by atoms with Crippen LogP contribution in [0.3, 0.4) is 0 Å². The maximum Gasteiger partial charge on any atom is 0.167 e. The van der Waals surface area contributed by atoms with Crippen molar-refractivity contribution in [1.29, 1.82) is 0 Å². The monoisotopic (exact) mass is 296 g/mol. The van der Waals surface area contributed by atoms with E-state index in [2.05, 4.69) is 15.0 Å². The molecule has 2 aromatic rings. The van der Waals surface area contributed by atoms with Gasteiger partial charge in [0.15, 0.2) is 17.7 Å². The highest BCUT2D eigenvalue weighted by molar-refractivity contribution is 5.81. The Morgan fingerprint density at radius 3 is 2.86 bits per heavy atom. The van der Waals surface area contributed by atoms with Crippen molar-refractivity contribution < 1.29 is 20.1 Å². The molecule has 1 aliphatic heterocycles. The van der Waals surface area contributed by atoms with Gasteiger partial charge in [-0.3, -0.25) is 4.57 Å². The summed E-state index contributed by atoms with van der Waals surface area (Å²) in [6, 6.07) is -0.815. The normalized spacial score (nSPS) is 30.9. The van der Waals surface area contributed by atoms with E-state index in [1.165, 1.54) is 17.2 Å². The van der Waals surface area contributed by atoms with Gasteiger partial charge >= 0.3 is 0 Å². The van der Waals surface area contributed by atoms with Gasteiger partial charge in [-0.05, 0) is 0 Å². The second kappa shape index (κ2) is 5.16. The van der Waals surface area contributed by atoms with Crippen LogP contribution in [0.15, 0.2) is 12.7 Å². The number of rotatable bonds is 3. The molecule has 0 bridgehead atoms. The number of fused-ring (bicyclic) bond motifs is 1. The lowest BCUT2D eigenvalue weighted by molar-refractivity contribution is -0.0950. The van der Waals surface area contributed by atoms with E-state index in [0.29, 0.717) is 11.2 Å². The summed E-state index contributed by atoms with van der Waals surface area (Å²) < 4.78 is 7.09. The SMILES string of the molecule is Nc1ncnc2c1ncn2[C@@H]1O[C@@H]([C@H](O)CO)[C@@H](O)[C@@H]1N. The van der Waals surface area contributed by atoms with Gasteiger partial charge in [-0.1, -0.05) is 0 Å². The summed E-state index contributed by atoms with van der Waals surface area (Å²) in [5.74, 6) is 0.220. The zero-order valence-corrected chi connectivity index (χ0v) is 10.9. The minimum absolute atomic E-state index is 0.220. The smallest absolute Gasteiger partial charge is 0.167 e. The molecule has 0 aromatic carbocycles. The molecular weight excluding hydrogens is 280 g/mol. The fourth-order valence-corrected chi connectivity index (χ4v) is 2.45. The summed E-state index contributed by atoms with van der Waals surface area (Å²) >= 11 is 0. The van der Waals surface area contributed by atoms with Crippen molar-refractivity contribution in [3.8, 4) is 0 Å². The molecule has 0 radical (unpaired) electrons. The van der Waals surface area contributed by atoms with E-state index in [9.17, 15) is 10.2 Å². The van der Waals surface area contributed by atoms with Crippen LogP contribution in [0.5, 0.6) is 0 Å². The first kappa shape index (κ1) is 14.1. The third-order valence-electron chi connectivity index (χ3n) is 3.58. The lowest BCUT2D eigenvalue weighted by Gasteiger charge is -2.19. The standard InChI is InChI=1S/C11H16N6O4/c12-5-7(20)8(4(19)1-18)21-11(5)17-3-16-6-9(13)14-2-15-10(6)17/h2-5,7-8,11,18-20H,1,12H2,(H2,13,14,15)/t4-,5+,7+,8+,11-/m1/s1. The maximum atomic E-state index is 10.0. The summed E-state index contributed by atoms with van der Waals surface area (Å²) in [6.07, 6.45) is -1.43. The van der Waals surface area contributed by atoms with Crippen LogP contribution in [0.4, 0.5) is 5.82 Å². The topological polar surface area (TPSA) is 166 Å². The van der Waals surface area contributed by atoms with Gasteiger partial charge in [-0.25, -0.2) is 15.0 Å². The highest BCUT2D eigenvalue weighted by Gasteiger charge is 2.46. The highest BCUT2D eigenvalue weighted by atomic mass is 16.5. The first-order valence-corrected chi connectivity index (χ1v) is 6.35. The molecule has 0 unspecified atom stereocenters. The largest absolute Gasteiger partial charge is 0.394 e. The predicted molar refractivity (Wildman–Crippen MR) is 70.7 cm³/mol. The Morgan fingerprint density at radius 1 is 1.38 bits per heavy atom. The van der Waals surface area contributed by atoms with Gasteiger partial charge in [0, 0.05) is 0 Å². The summed E-state index contributed by atoms with van der Waals surface area (Å²) in [5.41, 5.74) is 12.4.